The van der Waals surface area contributed by atoms with Gasteiger partial charge in [-0.15, -0.1) is 0 Å². The van der Waals surface area contributed by atoms with Gasteiger partial charge in [0.05, 0.1) is 11.4 Å². The van der Waals surface area contributed by atoms with Crippen molar-refractivity contribution in [1.29, 1.82) is 0 Å². The molecule has 16 heavy (non-hydrogen) atoms. The highest BCUT2D eigenvalue weighted by Crippen LogP contribution is 2.26. The maximum absolute atomic E-state index is 13.2. The second kappa shape index (κ2) is 5.19. The fraction of sp³-hybridized carbons (Fsp3) is 0.538. The van der Waals surface area contributed by atoms with Crippen LogP contribution in [0.25, 0.3) is 0 Å². The maximum Gasteiger partial charge on any atom is 0.148 e. The van der Waals surface area contributed by atoms with Crippen LogP contribution in [-0.2, 0) is 0 Å². The summed E-state index contributed by atoms with van der Waals surface area (Å²) in [5.41, 5.74) is 6.62. The molecule has 0 bridgehead atoms. The zero-order valence-electron chi connectivity index (χ0n) is 9.51. The highest BCUT2D eigenvalue weighted by Gasteiger charge is 2.13. The minimum atomic E-state index is -0.339. The molecule has 1 aromatic carbocycles. The molecule has 0 aliphatic heterocycles. The highest BCUT2D eigenvalue weighted by molar-refractivity contribution is 5.66. The molecule has 1 aliphatic rings. The topological polar surface area (TPSA) is 38.0 Å². The van der Waals surface area contributed by atoms with Gasteiger partial charge >= 0.3 is 0 Å². The average Bonchev–Trinajstić information content (AvgIpc) is 2.32. The lowest BCUT2D eigenvalue weighted by molar-refractivity contribution is 0.373. The molecule has 0 amide bonds. The first-order valence-corrected chi connectivity index (χ1v) is 6.05. The van der Waals surface area contributed by atoms with E-state index in [0.29, 0.717) is 0 Å². The van der Waals surface area contributed by atoms with Crippen molar-refractivity contribution < 1.29 is 4.39 Å². The first kappa shape index (κ1) is 11.2. The molecular formula is C13H19FN2. The van der Waals surface area contributed by atoms with Crippen LogP contribution in [0.5, 0.6) is 0 Å². The van der Waals surface area contributed by atoms with E-state index < -0.39 is 0 Å². The van der Waals surface area contributed by atoms with Crippen molar-refractivity contribution in [3.05, 3.63) is 24.0 Å². The van der Waals surface area contributed by atoms with E-state index in [1.54, 1.807) is 6.07 Å². The summed E-state index contributed by atoms with van der Waals surface area (Å²) in [6.45, 7) is 0.910. The van der Waals surface area contributed by atoms with Crippen LogP contribution in [0.4, 0.5) is 15.8 Å². The first-order valence-electron chi connectivity index (χ1n) is 6.05. The number of hydrogen-bond donors (Lipinski definition) is 2. The number of nitrogen functional groups attached to an aromatic ring is 1. The van der Waals surface area contributed by atoms with Crippen LogP contribution in [0.1, 0.15) is 32.1 Å². The molecule has 0 heterocycles. The summed E-state index contributed by atoms with van der Waals surface area (Å²) in [6, 6.07) is 4.91. The van der Waals surface area contributed by atoms with E-state index >= 15 is 0 Å². The Bertz CT molecular complexity index is 346. The van der Waals surface area contributed by atoms with Crippen LogP contribution in [0, 0.1) is 11.7 Å². The lowest BCUT2D eigenvalue weighted by atomic mass is 9.89. The fourth-order valence-corrected chi connectivity index (χ4v) is 2.34. The molecule has 0 radical (unpaired) electrons. The Morgan fingerprint density at radius 3 is 2.75 bits per heavy atom. The molecular weight excluding hydrogens is 203 g/mol. The summed E-state index contributed by atoms with van der Waals surface area (Å²) < 4.78 is 13.2. The Balaban J connectivity index is 1.91. The largest absolute Gasteiger partial charge is 0.395 e. The van der Waals surface area contributed by atoms with Crippen molar-refractivity contribution in [2.45, 2.75) is 32.1 Å². The molecule has 0 spiro atoms. The Kier molecular flexibility index (Phi) is 3.65. The SMILES string of the molecule is Nc1c(F)cccc1NCC1CCCCC1. The Hall–Kier alpha value is -1.25. The van der Waals surface area contributed by atoms with Crippen LogP contribution < -0.4 is 11.1 Å². The predicted octanol–water partition coefficient (Wildman–Crippen LogP) is 3.40. The number of nitrogens with one attached hydrogen (secondary N) is 1. The second-order valence-electron chi connectivity index (χ2n) is 4.59. The molecule has 0 unspecified atom stereocenters. The normalized spacial score (nSPS) is 17.3. The van der Waals surface area contributed by atoms with E-state index in [1.807, 2.05) is 6.07 Å². The molecule has 2 nitrogen and oxygen atoms in total. The number of nitrogens with two attached hydrogens (primary N) is 1. The number of halogens is 1. The van der Waals surface area contributed by atoms with Gasteiger partial charge < -0.3 is 11.1 Å². The number of rotatable bonds is 3. The molecule has 0 saturated heterocycles. The molecule has 1 aromatic rings. The quantitative estimate of drug-likeness (QED) is 0.769. The molecule has 1 saturated carbocycles. The van der Waals surface area contributed by atoms with Crippen molar-refractivity contribution in [3.8, 4) is 0 Å². The third-order valence-corrected chi connectivity index (χ3v) is 3.36. The van der Waals surface area contributed by atoms with Crippen molar-refractivity contribution in [1.82, 2.24) is 0 Å². The van der Waals surface area contributed by atoms with E-state index in [4.69, 9.17) is 5.73 Å². The highest BCUT2D eigenvalue weighted by atomic mass is 19.1. The van der Waals surface area contributed by atoms with E-state index in [0.717, 1.165) is 18.2 Å². The molecule has 0 aromatic heterocycles. The summed E-state index contributed by atoms with van der Waals surface area (Å²) in [5.74, 6) is 0.380. The molecule has 3 heteroatoms. The van der Waals surface area contributed by atoms with Gasteiger partial charge in [-0.3, -0.25) is 0 Å². The maximum atomic E-state index is 13.2. The van der Waals surface area contributed by atoms with Crippen LogP contribution in [0.3, 0.4) is 0 Å². The van der Waals surface area contributed by atoms with E-state index in [1.165, 1.54) is 38.2 Å². The minimum absolute atomic E-state index is 0.235. The third kappa shape index (κ3) is 2.65. The minimum Gasteiger partial charge on any atom is -0.395 e. The summed E-state index contributed by atoms with van der Waals surface area (Å²) in [7, 11) is 0. The smallest absolute Gasteiger partial charge is 0.148 e. The van der Waals surface area contributed by atoms with Gasteiger partial charge in [0.2, 0.25) is 0 Å². The van der Waals surface area contributed by atoms with Crippen LogP contribution >= 0.6 is 0 Å². The average molecular weight is 222 g/mol. The second-order valence-corrected chi connectivity index (χ2v) is 4.59. The Morgan fingerprint density at radius 2 is 2.00 bits per heavy atom. The van der Waals surface area contributed by atoms with Gasteiger partial charge in [0.25, 0.3) is 0 Å². The molecule has 0 atom stereocenters. The van der Waals surface area contributed by atoms with Crippen molar-refractivity contribution in [2.24, 2.45) is 5.92 Å². The summed E-state index contributed by atoms with van der Waals surface area (Å²) in [4.78, 5) is 0. The molecule has 1 aliphatic carbocycles. The van der Waals surface area contributed by atoms with Crippen molar-refractivity contribution >= 4 is 11.4 Å². The van der Waals surface area contributed by atoms with Crippen LogP contribution in [0.15, 0.2) is 18.2 Å². The Morgan fingerprint density at radius 1 is 1.25 bits per heavy atom. The monoisotopic (exact) mass is 222 g/mol. The number of para-hydroxylation sites is 1. The first-order chi connectivity index (χ1) is 7.77. The summed E-state index contributed by atoms with van der Waals surface area (Å²) in [5, 5.41) is 3.26. The summed E-state index contributed by atoms with van der Waals surface area (Å²) >= 11 is 0. The standard InChI is InChI=1S/C13H19FN2/c14-11-7-4-8-12(13(11)15)16-9-10-5-2-1-3-6-10/h4,7-8,10,16H,1-3,5-6,9,15H2. The third-order valence-electron chi connectivity index (χ3n) is 3.36. The molecule has 3 N–H and O–H groups in total. The number of anilines is 2. The van der Waals surface area contributed by atoms with Gasteiger partial charge in [-0.2, -0.15) is 0 Å². The van der Waals surface area contributed by atoms with Gasteiger partial charge in [0.1, 0.15) is 5.82 Å². The van der Waals surface area contributed by atoms with Crippen molar-refractivity contribution in [3.63, 3.8) is 0 Å². The van der Waals surface area contributed by atoms with E-state index in [9.17, 15) is 4.39 Å². The zero-order valence-corrected chi connectivity index (χ0v) is 9.51. The molecule has 1 fully saturated rings. The lowest BCUT2D eigenvalue weighted by Crippen LogP contribution is -2.17. The lowest BCUT2D eigenvalue weighted by Gasteiger charge is -2.22. The van der Waals surface area contributed by atoms with Crippen LogP contribution in [-0.4, -0.2) is 6.54 Å². The molecule has 2 rings (SSSR count). The number of hydrogen-bond acceptors (Lipinski definition) is 2. The van der Waals surface area contributed by atoms with Gasteiger partial charge in [-0.25, -0.2) is 4.39 Å². The number of benzene rings is 1. The van der Waals surface area contributed by atoms with Gasteiger partial charge in [0, 0.05) is 6.54 Å². The van der Waals surface area contributed by atoms with Gasteiger partial charge in [-0.05, 0) is 30.9 Å². The predicted molar refractivity (Wildman–Crippen MR) is 65.9 cm³/mol. The van der Waals surface area contributed by atoms with Gasteiger partial charge in [0.15, 0.2) is 0 Å². The fourth-order valence-electron chi connectivity index (χ4n) is 2.34. The molecule has 88 valence electrons. The van der Waals surface area contributed by atoms with Crippen molar-refractivity contribution in [2.75, 3.05) is 17.6 Å². The Labute approximate surface area is 96.0 Å². The van der Waals surface area contributed by atoms with E-state index in [2.05, 4.69) is 5.32 Å². The van der Waals surface area contributed by atoms with E-state index in [-0.39, 0.29) is 11.5 Å². The zero-order chi connectivity index (χ0) is 11.4. The van der Waals surface area contributed by atoms with Crippen LogP contribution in [0.2, 0.25) is 0 Å². The summed E-state index contributed by atoms with van der Waals surface area (Å²) in [6.07, 6.45) is 6.57. The van der Waals surface area contributed by atoms with Gasteiger partial charge in [-0.1, -0.05) is 25.3 Å².